The number of aryl methyl sites for hydroxylation is 2. The van der Waals surface area contributed by atoms with E-state index >= 15 is 0 Å². The molecule has 0 aliphatic rings. The second-order valence-corrected chi connectivity index (χ2v) is 8.26. The Kier molecular flexibility index (Phi) is 4.18. The molecule has 5 nitrogen and oxygen atoms in total. The molecule has 0 saturated heterocycles. The van der Waals surface area contributed by atoms with Crippen LogP contribution >= 0.6 is 0 Å². The zero-order chi connectivity index (χ0) is 15.7. The van der Waals surface area contributed by atoms with Crippen molar-refractivity contribution in [3.8, 4) is 0 Å². The summed E-state index contributed by atoms with van der Waals surface area (Å²) >= 11 is 0. The lowest BCUT2D eigenvalue weighted by atomic mass is 10.2. The molecule has 0 spiro atoms. The van der Waals surface area contributed by atoms with E-state index in [-0.39, 0.29) is 9.79 Å². The molecule has 0 unspecified atom stereocenters. The van der Waals surface area contributed by atoms with Crippen LogP contribution in [0.1, 0.15) is 11.1 Å². The van der Waals surface area contributed by atoms with Crippen LogP contribution in [0.2, 0.25) is 0 Å². The van der Waals surface area contributed by atoms with E-state index in [0.29, 0.717) is 5.56 Å². The summed E-state index contributed by atoms with van der Waals surface area (Å²) in [7, 11) is -8.29. The molecule has 7 heteroatoms. The minimum atomic E-state index is -4.15. The normalized spacial score (nSPS) is 12.3. The first-order valence-electron chi connectivity index (χ1n) is 6.13. The Morgan fingerprint density at radius 2 is 1.48 bits per heavy atom. The van der Waals surface area contributed by atoms with Crippen LogP contribution in [-0.4, -0.2) is 16.8 Å². The molecule has 2 rings (SSSR count). The molecule has 0 radical (unpaired) electrons. The smallest absolute Gasteiger partial charge is 0.206 e. The molecule has 0 atom stereocenters. The molecule has 2 aromatic rings. The topological polar surface area (TPSA) is 80.3 Å². The predicted octanol–water partition coefficient (Wildman–Crippen LogP) is 1.97. The fourth-order valence-electron chi connectivity index (χ4n) is 1.88. The fraction of sp³-hybridized carbons (Fsp3) is 0.143. The van der Waals surface area contributed by atoms with E-state index in [0.717, 1.165) is 5.56 Å². The maximum absolute atomic E-state index is 12.2. The first-order chi connectivity index (χ1) is 9.72. The van der Waals surface area contributed by atoms with Gasteiger partial charge in [-0.2, -0.15) is 0 Å². The van der Waals surface area contributed by atoms with Gasteiger partial charge in [0, 0.05) is 0 Å². The van der Waals surface area contributed by atoms with Gasteiger partial charge in [-0.05, 0) is 43.2 Å². The van der Waals surface area contributed by atoms with Gasteiger partial charge >= 0.3 is 0 Å². The van der Waals surface area contributed by atoms with Crippen molar-refractivity contribution in [2.75, 3.05) is 0 Å². The Morgan fingerprint density at radius 3 is 2.10 bits per heavy atom. The summed E-state index contributed by atoms with van der Waals surface area (Å²) in [6.07, 6.45) is 0. The van der Waals surface area contributed by atoms with Gasteiger partial charge in [0.2, 0.25) is 0 Å². The molecule has 112 valence electrons. The van der Waals surface area contributed by atoms with Gasteiger partial charge in [-0.1, -0.05) is 30.3 Å². The van der Waals surface area contributed by atoms with Gasteiger partial charge in [0.1, 0.15) is 0 Å². The highest BCUT2D eigenvalue weighted by Gasteiger charge is 2.25. The third-order valence-corrected chi connectivity index (χ3v) is 6.57. The van der Waals surface area contributed by atoms with Crippen molar-refractivity contribution >= 4 is 20.0 Å². The van der Waals surface area contributed by atoms with E-state index < -0.39 is 20.0 Å². The van der Waals surface area contributed by atoms with E-state index in [1.54, 1.807) is 48.3 Å². The van der Waals surface area contributed by atoms with Crippen LogP contribution < -0.4 is 4.13 Å². The van der Waals surface area contributed by atoms with Crippen LogP contribution in [0.5, 0.6) is 0 Å². The SMILES string of the molecule is Cc1cccc(S(=O)(=O)NS(=O)(=O)c2ccccc2C)c1. The Bertz CT molecular complexity index is 871. The largest absolute Gasteiger partial charge is 0.254 e. The fourth-order valence-corrected chi connectivity index (χ4v) is 5.13. The molecule has 1 N–H and O–H groups in total. The van der Waals surface area contributed by atoms with E-state index in [4.69, 9.17) is 0 Å². The van der Waals surface area contributed by atoms with Crippen molar-refractivity contribution in [3.63, 3.8) is 0 Å². The quantitative estimate of drug-likeness (QED) is 0.932. The average molecular weight is 325 g/mol. The Morgan fingerprint density at radius 1 is 0.810 bits per heavy atom. The minimum Gasteiger partial charge on any atom is -0.206 e. The van der Waals surface area contributed by atoms with Gasteiger partial charge < -0.3 is 0 Å². The summed E-state index contributed by atoms with van der Waals surface area (Å²) in [5.74, 6) is 0. The van der Waals surface area contributed by atoms with Gasteiger partial charge in [0.05, 0.1) is 9.79 Å². The molecule has 0 heterocycles. The molecule has 0 amide bonds. The van der Waals surface area contributed by atoms with Crippen molar-refractivity contribution in [3.05, 3.63) is 59.7 Å². The summed E-state index contributed by atoms with van der Waals surface area (Å²) in [5.41, 5.74) is 1.20. The first-order valence-corrected chi connectivity index (χ1v) is 9.10. The van der Waals surface area contributed by atoms with Crippen molar-refractivity contribution in [1.29, 1.82) is 0 Å². The highest BCUT2D eigenvalue weighted by molar-refractivity contribution is 8.04. The average Bonchev–Trinajstić information content (AvgIpc) is 2.37. The number of rotatable bonds is 4. The summed E-state index contributed by atoms with van der Waals surface area (Å²) in [5, 5.41) is 0. The Balaban J connectivity index is 2.43. The second-order valence-electron chi connectivity index (χ2n) is 4.67. The van der Waals surface area contributed by atoms with Crippen molar-refractivity contribution in [2.45, 2.75) is 23.6 Å². The van der Waals surface area contributed by atoms with Crippen LogP contribution in [0.25, 0.3) is 0 Å². The number of hydrogen-bond donors (Lipinski definition) is 1. The van der Waals surface area contributed by atoms with Crippen molar-refractivity contribution < 1.29 is 16.8 Å². The van der Waals surface area contributed by atoms with Gasteiger partial charge in [-0.15, -0.1) is 4.13 Å². The lowest BCUT2D eigenvalue weighted by molar-refractivity contribution is 0.576. The summed E-state index contributed by atoms with van der Waals surface area (Å²) < 4.78 is 50.6. The van der Waals surface area contributed by atoms with E-state index in [1.165, 1.54) is 18.2 Å². The molecule has 0 bridgehead atoms. The van der Waals surface area contributed by atoms with E-state index in [1.807, 2.05) is 0 Å². The third kappa shape index (κ3) is 3.49. The molecule has 2 aromatic carbocycles. The number of hydrogen-bond acceptors (Lipinski definition) is 4. The molecular formula is C14H15NO4S2. The van der Waals surface area contributed by atoms with Crippen LogP contribution in [-0.2, 0) is 20.0 Å². The van der Waals surface area contributed by atoms with Gasteiger partial charge in [-0.25, -0.2) is 16.8 Å². The minimum absolute atomic E-state index is 0.0544. The molecule has 0 aliphatic carbocycles. The highest BCUT2D eigenvalue weighted by Crippen LogP contribution is 2.17. The maximum Gasteiger partial charge on any atom is 0.254 e. The zero-order valence-corrected chi connectivity index (χ0v) is 13.2. The lowest BCUT2D eigenvalue weighted by Gasteiger charge is -2.10. The van der Waals surface area contributed by atoms with Crippen LogP contribution in [0, 0.1) is 13.8 Å². The first kappa shape index (κ1) is 15.7. The number of benzene rings is 2. The van der Waals surface area contributed by atoms with Crippen molar-refractivity contribution in [2.24, 2.45) is 0 Å². The van der Waals surface area contributed by atoms with Crippen LogP contribution in [0.3, 0.4) is 0 Å². The van der Waals surface area contributed by atoms with Gasteiger partial charge in [0.15, 0.2) is 0 Å². The highest BCUT2D eigenvalue weighted by atomic mass is 32.3. The predicted molar refractivity (Wildman–Crippen MR) is 79.9 cm³/mol. The maximum atomic E-state index is 12.2. The standard InChI is InChI=1S/C14H15NO4S2/c1-11-6-5-8-13(10-11)20(16,17)15-21(18,19)14-9-4-3-7-12(14)2/h3-10,15H,1-2H3. The molecular weight excluding hydrogens is 310 g/mol. The summed E-state index contributed by atoms with van der Waals surface area (Å²) in [6.45, 7) is 3.34. The van der Waals surface area contributed by atoms with E-state index in [2.05, 4.69) is 0 Å². The third-order valence-electron chi connectivity index (χ3n) is 2.90. The zero-order valence-electron chi connectivity index (χ0n) is 11.6. The number of sulfonamides is 2. The van der Waals surface area contributed by atoms with Crippen LogP contribution in [0.4, 0.5) is 0 Å². The molecule has 0 aromatic heterocycles. The van der Waals surface area contributed by atoms with Gasteiger partial charge in [0.25, 0.3) is 20.0 Å². The monoisotopic (exact) mass is 325 g/mol. The second kappa shape index (κ2) is 5.59. The number of nitrogens with one attached hydrogen (secondary N) is 1. The Hall–Kier alpha value is -1.70. The molecule has 0 aliphatic heterocycles. The molecule has 0 fully saturated rings. The van der Waals surface area contributed by atoms with Gasteiger partial charge in [-0.3, -0.25) is 0 Å². The Labute approximate surface area is 124 Å². The molecule has 21 heavy (non-hydrogen) atoms. The summed E-state index contributed by atoms with van der Waals surface area (Å²) in [6, 6.07) is 12.2. The molecule has 0 saturated carbocycles. The van der Waals surface area contributed by atoms with Crippen LogP contribution in [0.15, 0.2) is 58.3 Å². The summed E-state index contributed by atoms with van der Waals surface area (Å²) in [4.78, 5) is -0.138. The van der Waals surface area contributed by atoms with Crippen molar-refractivity contribution in [1.82, 2.24) is 4.13 Å². The lowest BCUT2D eigenvalue weighted by Crippen LogP contribution is -2.31. The van der Waals surface area contributed by atoms with E-state index in [9.17, 15) is 16.8 Å².